The second kappa shape index (κ2) is 10.5. The molecule has 0 radical (unpaired) electrons. The molecule has 1 aromatic heterocycles. The Morgan fingerprint density at radius 1 is 0.971 bits per heavy atom. The monoisotopic (exact) mass is 477 g/mol. The summed E-state index contributed by atoms with van der Waals surface area (Å²) in [5.41, 5.74) is 3.39. The maximum absolute atomic E-state index is 13.8. The number of carbonyl (C=O) groups is 1. The molecule has 0 saturated carbocycles. The molecule has 35 heavy (non-hydrogen) atoms. The van der Waals surface area contributed by atoms with Gasteiger partial charge in [0.05, 0.1) is 30.7 Å². The summed E-state index contributed by atoms with van der Waals surface area (Å²) in [7, 11) is 1.60. The third kappa shape index (κ3) is 4.66. The summed E-state index contributed by atoms with van der Waals surface area (Å²) in [6, 6.07) is 8.96. The van der Waals surface area contributed by atoms with Gasteiger partial charge in [-0.05, 0) is 61.6 Å². The second-order valence-corrected chi connectivity index (χ2v) is 9.35. The van der Waals surface area contributed by atoms with Gasteiger partial charge in [0.1, 0.15) is 5.58 Å². The van der Waals surface area contributed by atoms with E-state index in [0.29, 0.717) is 41.2 Å². The summed E-state index contributed by atoms with van der Waals surface area (Å²) < 4.78 is 17.7. The largest absolute Gasteiger partial charge is 0.493 e. The van der Waals surface area contributed by atoms with E-state index in [4.69, 9.17) is 13.9 Å². The minimum Gasteiger partial charge on any atom is -0.493 e. The molecule has 0 bridgehead atoms. The standard InChI is InChI=1S/C29H35NO5/c1-6-8-10-13-30-25(20-11-12-22(23(17-20)33-5)34-14-9-7-2)24-26(31)21-16-18(3)15-19(4)27(21)35-28(24)29(30)32/h11-12,15-17,25H,6-10,13-14H2,1-5H3. The van der Waals surface area contributed by atoms with Crippen molar-refractivity contribution in [2.24, 2.45) is 0 Å². The van der Waals surface area contributed by atoms with Crippen molar-refractivity contribution in [1.82, 2.24) is 4.90 Å². The molecule has 0 aliphatic carbocycles. The van der Waals surface area contributed by atoms with Crippen LogP contribution in [0.5, 0.6) is 11.5 Å². The zero-order valence-electron chi connectivity index (χ0n) is 21.4. The number of nitrogens with zero attached hydrogens (tertiary/aromatic N) is 1. The molecule has 1 aliphatic heterocycles. The Hall–Kier alpha value is -3.28. The topological polar surface area (TPSA) is 69.0 Å². The number of amides is 1. The first-order valence-corrected chi connectivity index (χ1v) is 12.6. The van der Waals surface area contributed by atoms with Gasteiger partial charge in [-0.25, -0.2) is 0 Å². The molecule has 0 spiro atoms. The normalized spacial score (nSPS) is 15.1. The minimum atomic E-state index is -0.533. The lowest BCUT2D eigenvalue weighted by molar-refractivity contribution is 0.0724. The summed E-state index contributed by atoms with van der Waals surface area (Å²) in [6.45, 7) is 9.26. The molecule has 6 heteroatoms. The van der Waals surface area contributed by atoms with Crippen molar-refractivity contribution in [1.29, 1.82) is 0 Å². The molecule has 0 N–H and O–H groups in total. The maximum atomic E-state index is 13.8. The van der Waals surface area contributed by atoms with Crippen molar-refractivity contribution in [2.75, 3.05) is 20.3 Å². The van der Waals surface area contributed by atoms with E-state index in [9.17, 15) is 9.59 Å². The summed E-state index contributed by atoms with van der Waals surface area (Å²) in [5, 5.41) is 0.515. The zero-order chi connectivity index (χ0) is 25.1. The minimum absolute atomic E-state index is 0.147. The fourth-order valence-corrected chi connectivity index (χ4v) is 4.88. The van der Waals surface area contributed by atoms with Crippen LogP contribution in [-0.4, -0.2) is 31.1 Å². The third-order valence-electron chi connectivity index (χ3n) is 6.66. The van der Waals surface area contributed by atoms with Crippen LogP contribution in [0.2, 0.25) is 0 Å². The molecule has 1 amide bonds. The van der Waals surface area contributed by atoms with E-state index in [2.05, 4.69) is 13.8 Å². The molecule has 1 unspecified atom stereocenters. The highest BCUT2D eigenvalue weighted by Gasteiger charge is 2.42. The molecule has 2 heterocycles. The summed E-state index contributed by atoms with van der Waals surface area (Å²) in [6.07, 6.45) is 4.89. The van der Waals surface area contributed by atoms with Crippen LogP contribution in [-0.2, 0) is 0 Å². The van der Waals surface area contributed by atoms with E-state index in [1.165, 1.54) is 0 Å². The van der Waals surface area contributed by atoms with E-state index < -0.39 is 6.04 Å². The van der Waals surface area contributed by atoms with Gasteiger partial charge in [-0.2, -0.15) is 0 Å². The van der Waals surface area contributed by atoms with Crippen molar-refractivity contribution >= 4 is 16.9 Å². The zero-order valence-corrected chi connectivity index (χ0v) is 21.4. The average Bonchev–Trinajstić information content (AvgIpc) is 3.12. The highest BCUT2D eigenvalue weighted by molar-refractivity contribution is 5.99. The summed E-state index contributed by atoms with van der Waals surface area (Å²) >= 11 is 0. The Bertz CT molecular complexity index is 1290. The maximum Gasteiger partial charge on any atom is 0.290 e. The Labute approximate surface area is 206 Å². The van der Waals surface area contributed by atoms with Crippen molar-refractivity contribution in [3.63, 3.8) is 0 Å². The fraction of sp³-hybridized carbons (Fsp3) is 0.448. The predicted molar refractivity (Wildman–Crippen MR) is 138 cm³/mol. The molecule has 2 aromatic carbocycles. The summed E-state index contributed by atoms with van der Waals surface area (Å²) in [4.78, 5) is 29.2. The lowest BCUT2D eigenvalue weighted by Crippen LogP contribution is -2.30. The van der Waals surface area contributed by atoms with Gasteiger partial charge in [-0.1, -0.05) is 45.2 Å². The molecule has 4 rings (SSSR count). The smallest absolute Gasteiger partial charge is 0.290 e. The number of carbonyl (C=O) groups excluding carboxylic acids is 1. The number of hydrogen-bond donors (Lipinski definition) is 0. The predicted octanol–water partition coefficient (Wildman–Crippen LogP) is 6.33. The van der Waals surface area contributed by atoms with Crippen LogP contribution in [0.4, 0.5) is 0 Å². The van der Waals surface area contributed by atoms with Crippen LogP contribution in [0.15, 0.2) is 39.5 Å². The first-order chi connectivity index (χ1) is 16.9. The van der Waals surface area contributed by atoms with Gasteiger partial charge >= 0.3 is 0 Å². The summed E-state index contributed by atoms with van der Waals surface area (Å²) in [5.74, 6) is 1.16. The molecule has 0 fully saturated rings. The van der Waals surface area contributed by atoms with E-state index in [1.807, 2.05) is 44.2 Å². The van der Waals surface area contributed by atoms with E-state index >= 15 is 0 Å². The molecule has 1 aliphatic rings. The highest BCUT2D eigenvalue weighted by Crippen LogP contribution is 2.41. The van der Waals surface area contributed by atoms with Crippen molar-refractivity contribution in [3.05, 3.63) is 68.6 Å². The number of aryl methyl sites for hydroxylation is 2. The molecular formula is C29H35NO5. The SMILES string of the molecule is CCCCCN1C(=O)c2oc3c(C)cc(C)cc3c(=O)c2C1c1ccc(OCCCC)c(OC)c1. The molecule has 3 aromatic rings. The first kappa shape index (κ1) is 24.8. The third-order valence-corrected chi connectivity index (χ3v) is 6.66. The number of fused-ring (bicyclic) bond motifs is 2. The molecule has 1 atom stereocenters. The van der Waals surface area contributed by atoms with Gasteiger partial charge < -0.3 is 18.8 Å². The first-order valence-electron chi connectivity index (χ1n) is 12.6. The van der Waals surface area contributed by atoms with Crippen molar-refractivity contribution < 1.29 is 18.7 Å². The number of unbranched alkanes of at least 4 members (excludes halogenated alkanes) is 3. The van der Waals surface area contributed by atoms with E-state index in [-0.39, 0.29) is 17.1 Å². The lowest BCUT2D eigenvalue weighted by atomic mass is 9.97. The Morgan fingerprint density at radius 3 is 2.46 bits per heavy atom. The van der Waals surface area contributed by atoms with E-state index in [0.717, 1.165) is 48.8 Å². The van der Waals surface area contributed by atoms with Crippen molar-refractivity contribution in [3.8, 4) is 11.5 Å². The average molecular weight is 478 g/mol. The van der Waals surface area contributed by atoms with Gasteiger partial charge in [-0.3, -0.25) is 9.59 Å². The van der Waals surface area contributed by atoms with Crippen molar-refractivity contribution in [2.45, 2.75) is 65.8 Å². The van der Waals surface area contributed by atoms with Gasteiger partial charge in [-0.15, -0.1) is 0 Å². The molecule has 6 nitrogen and oxygen atoms in total. The molecule has 0 saturated heterocycles. The Balaban J connectivity index is 1.86. The van der Waals surface area contributed by atoms with Crippen LogP contribution in [0.3, 0.4) is 0 Å². The van der Waals surface area contributed by atoms with Crippen LogP contribution >= 0.6 is 0 Å². The number of benzene rings is 2. The van der Waals surface area contributed by atoms with Crippen LogP contribution < -0.4 is 14.9 Å². The second-order valence-electron chi connectivity index (χ2n) is 9.35. The van der Waals surface area contributed by atoms with E-state index in [1.54, 1.807) is 12.0 Å². The number of methoxy groups -OCH3 is 1. The van der Waals surface area contributed by atoms with Crippen LogP contribution in [0.1, 0.15) is 84.8 Å². The highest BCUT2D eigenvalue weighted by atomic mass is 16.5. The Kier molecular flexibility index (Phi) is 7.48. The Morgan fingerprint density at radius 2 is 1.74 bits per heavy atom. The fourth-order valence-electron chi connectivity index (χ4n) is 4.88. The van der Waals surface area contributed by atoms with Crippen LogP contribution in [0.25, 0.3) is 11.0 Å². The quantitative estimate of drug-likeness (QED) is 0.319. The van der Waals surface area contributed by atoms with Gasteiger partial charge in [0.2, 0.25) is 5.76 Å². The number of hydrogen-bond acceptors (Lipinski definition) is 5. The molecular weight excluding hydrogens is 442 g/mol. The van der Waals surface area contributed by atoms with Gasteiger partial charge in [0.25, 0.3) is 5.91 Å². The van der Waals surface area contributed by atoms with Gasteiger partial charge in [0.15, 0.2) is 16.9 Å². The number of ether oxygens (including phenoxy) is 2. The van der Waals surface area contributed by atoms with Crippen LogP contribution in [0, 0.1) is 13.8 Å². The number of rotatable bonds is 10. The van der Waals surface area contributed by atoms with Gasteiger partial charge in [0, 0.05) is 6.54 Å². The lowest BCUT2D eigenvalue weighted by Gasteiger charge is -2.26. The molecule has 186 valence electrons.